The Kier molecular flexibility index (Phi) is 6.01. The van der Waals surface area contributed by atoms with Crippen LogP contribution in [0.4, 0.5) is 10.1 Å². The van der Waals surface area contributed by atoms with Crippen LogP contribution in [-0.2, 0) is 4.79 Å². The quantitative estimate of drug-likeness (QED) is 0.621. The molecule has 6 nitrogen and oxygen atoms in total. The number of hydrogen-bond donors (Lipinski definition) is 1. The lowest BCUT2D eigenvalue weighted by atomic mass is 10.1. The van der Waals surface area contributed by atoms with Crippen molar-refractivity contribution < 1.29 is 9.18 Å². The summed E-state index contributed by atoms with van der Waals surface area (Å²) in [4.78, 5) is 21.8. The molecule has 0 spiro atoms. The largest absolute Gasteiger partial charge is 0.368 e. The van der Waals surface area contributed by atoms with Gasteiger partial charge in [-0.15, -0.1) is 0 Å². The van der Waals surface area contributed by atoms with Crippen LogP contribution in [0.25, 0.3) is 11.0 Å². The number of carbonyl (C=O) groups is 1. The maximum absolute atomic E-state index is 14.6. The van der Waals surface area contributed by atoms with E-state index < -0.39 is 0 Å². The summed E-state index contributed by atoms with van der Waals surface area (Å²) in [6, 6.07) is 10.9. The zero-order valence-electron chi connectivity index (χ0n) is 19.0. The predicted octanol–water partition coefficient (Wildman–Crippen LogP) is 4.23. The fraction of sp³-hybridized carbons (Fsp3) is 0.440. The third-order valence-corrected chi connectivity index (χ3v) is 7.26. The van der Waals surface area contributed by atoms with E-state index in [1.807, 2.05) is 22.5 Å². The molecule has 2 saturated heterocycles. The fourth-order valence-corrected chi connectivity index (χ4v) is 5.28. The van der Waals surface area contributed by atoms with Gasteiger partial charge in [0, 0.05) is 41.9 Å². The van der Waals surface area contributed by atoms with E-state index in [4.69, 9.17) is 11.6 Å². The van der Waals surface area contributed by atoms with Crippen LogP contribution in [0.2, 0.25) is 5.02 Å². The summed E-state index contributed by atoms with van der Waals surface area (Å²) in [7, 11) is 0. The molecule has 2 fully saturated rings. The number of amides is 1. The van der Waals surface area contributed by atoms with Crippen LogP contribution in [0.5, 0.6) is 0 Å². The van der Waals surface area contributed by atoms with Crippen molar-refractivity contribution in [3.8, 4) is 0 Å². The lowest BCUT2D eigenvalue weighted by Gasteiger charge is -2.42. The van der Waals surface area contributed by atoms with Crippen LogP contribution in [0, 0.1) is 5.82 Å². The lowest BCUT2D eigenvalue weighted by molar-refractivity contribution is -0.135. The molecule has 3 heterocycles. The molecule has 3 atom stereocenters. The first-order valence-electron chi connectivity index (χ1n) is 11.6. The van der Waals surface area contributed by atoms with E-state index in [-0.39, 0.29) is 29.8 Å². The van der Waals surface area contributed by atoms with Crippen LogP contribution in [0.1, 0.15) is 38.3 Å². The summed E-state index contributed by atoms with van der Waals surface area (Å²) in [5.74, 6) is -0.0913. The Balaban J connectivity index is 1.37. The van der Waals surface area contributed by atoms with E-state index in [9.17, 15) is 9.18 Å². The van der Waals surface area contributed by atoms with Crippen LogP contribution in [0.15, 0.2) is 42.7 Å². The molecule has 0 radical (unpaired) electrons. The Bertz CT molecular complexity index is 1170. The molecule has 0 bridgehead atoms. The number of nitrogens with zero attached hydrogens (tertiary/aromatic N) is 4. The molecule has 3 aromatic rings. The van der Waals surface area contributed by atoms with Crippen molar-refractivity contribution in [1.82, 2.24) is 19.8 Å². The first-order chi connectivity index (χ1) is 15.9. The van der Waals surface area contributed by atoms with Gasteiger partial charge in [-0.1, -0.05) is 17.7 Å². The van der Waals surface area contributed by atoms with Crippen molar-refractivity contribution in [2.24, 2.45) is 0 Å². The van der Waals surface area contributed by atoms with Gasteiger partial charge in [-0.2, -0.15) is 0 Å². The SMILES string of the molecule is C[C@@H]1CN(c2ccc3ncn([C@H](C)c4ccc(Cl)cc4F)c3c2)CCN1C(=O)C1CCCN1. The molecule has 2 aliphatic rings. The maximum atomic E-state index is 14.6. The molecule has 33 heavy (non-hydrogen) atoms. The summed E-state index contributed by atoms with van der Waals surface area (Å²) in [5.41, 5.74) is 3.49. The standard InChI is InChI=1S/C25H29ClFN5O/c1-16-14-30(10-11-31(16)25(33)23-4-3-9-28-23)19-6-8-22-24(13-19)32(15-29-22)17(2)20-7-5-18(26)12-21(20)27/h5-8,12-13,15-17,23,28H,3-4,9-11,14H2,1-2H3/t16-,17-,23?/m1/s1. The second-order valence-corrected chi connectivity index (χ2v) is 9.58. The molecule has 174 valence electrons. The topological polar surface area (TPSA) is 53.4 Å². The Morgan fingerprint density at radius 2 is 2.09 bits per heavy atom. The highest BCUT2D eigenvalue weighted by atomic mass is 35.5. The average Bonchev–Trinajstić information content (AvgIpc) is 3.48. The Hall–Kier alpha value is -2.64. The molecule has 1 unspecified atom stereocenters. The van der Waals surface area contributed by atoms with Crippen molar-refractivity contribution in [3.63, 3.8) is 0 Å². The molecule has 5 rings (SSSR count). The molecule has 1 amide bonds. The highest BCUT2D eigenvalue weighted by Gasteiger charge is 2.33. The summed E-state index contributed by atoms with van der Waals surface area (Å²) in [6.45, 7) is 7.28. The lowest BCUT2D eigenvalue weighted by Crippen LogP contribution is -2.57. The van der Waals surface area contributed by atoms with Gasteiger partial charge in [0.25, 0.3) is 0 Å². The summed E-state index contributed by atoms with van der Waals surface area (Å²) >= 11 is 5.93. The summed E-state index contributed by atoms with van der Waals surface area (Å²) in [6.07, 6.45) is 3.76. The number of fused-ring (bicyclic) bond motifs is 1. The third kappa shape index (κ3) is 4.20. The van der Waals surface area contributed by atoms with Crippen molar-refractivity contribution in [3.05, 3.63) is 59.1 Å². The second kappa shape index (κ2) is 8.95. The summed E-state index contributed by atoms with van der Waals surface area (Å²) in [5, 5.41) is 3.71. The van der Waals surface area contributed by atoms with Crippen LogP contribution >= 0.6 is 11.6 Å². The third-order valence-electron chi connectivity index (χ3n) is 7.02. The molecular weight excluding hydrogens is 441 g/mol. The van der Waals surface area contributed by atoms with E-state index in [2.05, 4.69) is 34.3 Å². The van der Waals surface area contributed by atoms with Gasteiger partial charge in [0.15, 0.2) is 0 Å². The molecule has 0 aliphatic carbocycles. The van der Waals surface area contributed by atoms with E-state index in [1.54, 1.807) is 18.5 Å². The number of piperazine rings is 1. The number of hydrogen-bond acceptors (Lipinski definition) is 4. The molecule has 1 N–H and O–H groups in total. The Morgan fingerprint density at radius 1 is 1.24 bits per heavy atom. The van der Waals surface area contributed by atoms with Crippen LogP contribution < -0.4 is 10.2 Å². The predicted molar refractivity (Wildman–Crippen MR) is 129 cm³/mol. The number of benzene rings is 2. The van der Waals surface area contributed by atoms with Gasteiger partial charge in [0.1, 0.15) is 5.82 Å². The first kappa shape index (κ1) is 22.2. The smallest absolute Gasteiger partial charge is 0.240 e. The van der Waals surface area contributed by atoms with Crippen molar-refractivity contribution in [1.29, 1.82) is 0 Å². The van der Waals surface area contributed by atoms with Gasteiger partial charge in [-0.25, -0.2) is 9.37 Å². The molecular formula is C25H29ClFN5O. The van der Waals surface area contributed by atoms with Gasteiger partial charge >= 0.3 is 0 Å². The summed E-state index contributed by atoms with van der Waals surface area (Å²) < 4.78 is 16.6. The Labute approximate surface area is 198 Å². The number of carbonyl (C=O) groups excluding carboxylic acids is 1. The van der Waals surface area contributed by atoms with Crippen molar-refractivity contribution >= 4 is 34.2 Å². The van der Waals surface area contributed by atoms with E-state index >= 15 is 0 Å². The molecule has 1 aromatic heterocycles. The first-order valence-corrected chi connectivity index (χ1v) is 12.0. The van der Waals surface area contributed by atoms with Crippen LogP contribution in [0.3, 0.4) is 0 Å². The second-order valence-electron chi connectivity index (χ2n) is 9.14. The molecule has 2 aromatic carbocycles. The molecule has 0 saturated carbocycles. The minimum Gasteiger partial charge on any atom is -0.368 e. The fourth-order valence-electron chi connectivity index (χ4n) is 5.12. The average molecular weight is 470 g/mol. The molecule has 2 aliphatic heterocycles. The normalized spacial score (nSPS) is 22.2. The minimum atomic E-state index is -0.320. The zero-order valence-corrected chi connectivity index (χ0v) is 19.7. The number of anilines is 1. The van der Waals surface area contributed by atoms with Gasteiger partial charge in [0.2, 0.25) is 5.91 Å². The highest BCUT2D eigenvalue weighted by molar-refractivity contribution is 6.30. The number of aromatic nitrogens is 2. The van der Waals surface area contributed by atoms with Gasteiger partial charge < -0.3 is 19.7 Å². The molecule has 8 heteroatoms. The number of nitrogens with one attached hydrogen (secondary N) is 1. The van der Waals surface area contributed by atoms with Gasteiger partial charge in [-0.05, 0) is 63.6 Å². The maximum Gasteiger partial charge on any atom is 0.240 e. The number of rotatable bonds is 4. The number of halogens is 2. The van der Waals surface area contributed by atoms with E-state index in [0.717, 1.165) is 49.2 Å². The minimum absolute atomic E-state index is 0.0283. The van der Waals surface area contributed by atoms with E-state index in [1.165, 1.54) is 6.07 Å². The van der Waals surface area contributed by atoms with Gasteiger partial charge in [-0.3, -0.25) is 4.79 Å². The Morgan fingerprint density at radius 3 is 2.82 bits per heavy atom. The zero-order chi connectivity index (χ0) is 23.1. The van der Waals surface area contributed by atoms with Crippen LogP contribution in [-0.4, -0.2) is 58.6 Å². The van der Waals surface area contributed by atoms with Crippen molar-refractivity contribution in [2.75, 3.05) is 31.1 Å². The monoisotopic (exact) mass is 469 g/mol. The van der Waals surface area contributed by atoms with E-state index in [0.29, 0.717) is 17.1 Å². The van der Waals surface area contributed by atoms with Crippen molar-refractivity contribution in [2.45, 2.75) is 44.8 Å². The van der Waals surface area contributed by atoms with Gasteiger partial charge in [0.05, 0.1) is 29.4 Å². The highest BCUT2D eigenvalue weighted by Crippen LogP contribution is 2.30. The number of imidazole rings is 1.